The third kappa shape index (κ3) is 2.46. The molecular weight excluding hydrogens is 232 g/mol. The summed E-state index contributed by atoms with van der Waals surface area (Å²) in [6.07, 6.45) is 2.85. The van der Waals surface area contributed by atoms with Crippen molar-refractivity contribution in [3.05, 3.63) is 71.8 Å². The monoisotopic (exact) mass is 250 g/mol. The van der Waals surface area contributed by atoms with Gasteiger partial charge in [-0.15, -0.1) is 0 Å². The molecule has 1 heteroatoms. The molecule has 1 aliphatic carbocycles. The molecule has 2 atom stereocenters. The van der Waals surface area contributed by atoms with Crippen LogP contribution in [0.4, 0.5) is 0 Å². The number of hydrogen-bond acceptors (Lipinski definition) is 1. The maximum absolute atomic E-state index is 12.4. The van der Waals surface area contributed by atoms with E-state index in [9.17, 15) is 4.79 Å². The fraction of sp³-hybridized carbons (Fsp3) is 0.278. The lowest BCUT2D eigenvalue weighted by molar-refractivity contribution is -0.122. The fourth-order valence-electron chi connectivity index (χ4n) is 3.18. The molecule has 0 N–H and O–H groups in total. The van der Waals surface area contributed by atoms with Crippen LogP contribution in [0.25, 0.3) is 0 Å². The van der Waals surface area contributed by atoms with Gasteiger partial charge in [0.05, 0.1) is 0 Å². The predicted octanol–water partition coefficient (Wildman–Crippen LogP) is 4.31. The highest BCUT2D eigenvalue weighted by Crippen LogP contribution is 2.41. The number of ketones is 1. The minimum Gasteiger partial charge on any atom is -0.299 e. The highest BCUT2D eigenvalue weighted by Gasteiger charge is 2.33. The summed E-state index contributed by atoms with van der Waals surface area (Å²) in [6.45, 7) is 0. The molecule has 0 saturated heterocycles. The summed E-state index contributed by atoms with van der Waals surface area (Å²) in [7, 11) is 0. The van der Waals surface area contributed by atoms with Crippen LogP contribution in [0.15, 0.2) is 60.7 Å². The highest BCUT2D eigenvalue weighted by molar-refractivity contribution is 5.87. The van der Waals surface area contributed by atoms with Gasteiger partial charge in [0.2, 0.25) is 0 Å². The van der Waals surface area contributed by atoms with Gasteiger partial charge in [-0.05, 0) is 29.9 Å². The van der Waals surface area contributed by atoms with Crippen molar-refractivity contribution in [2.75, 3.05) is 0 Å². The molecule has 1 aliphatic rings. The Labute approximate surface area is 114 Å². The molecule has 0 radical (unpaired) electrons. The molecule has 1 nitrogen and oxygen atoms in total. The van der Waals surface area contributed by atoms with E-state index in [1.54, 1.807) is 0 Å². The van der Waals surface area contributed by atoms with E-state index in [1.165, 1.54) is 11.1 Å². The van der Waals surface area contributed by atoms with Crippen molar-refractivity contribution in [2.24, 2.45) is 0 Å². The molecule has 0 heterocycles. The van der Waals surface area contributed by atoms with Crippen molar-refractivity contribution in [3.63, 3.8) is 0 Å². The molecule has 3 rings (SSSR count). The van der Waals surface area contributed by atoms with Gasteiger partial charge in [-0.1, -0.05) is 60.7 Å². The number of benzene rings is 2. The van der Waals surface area contributed by atoms with Crippen molar-refractivity contribution in [2.45, 2.75) is 31.1 Å². The normalized spacial score (nSPS) is 23.3. The second-order valence-electron chi connectivity index (χ2n) is 5.26. The average molecular weight is 250 g/mol. The molecule has 0 bridgehead atoms. The van der Waals surface area contributed by atoms with E-state index in [0.29, 0.717) is 11.7 Å². The standard InChI is InChI=1S/C18H18O/c19-17-13-7-12-16(14-8-3-1-4-9-14)18(17)15-10-5-2-6-11-15/h1-6,8-11,16,18H,7,12-13H2. The SMILES string of the molecule is O=C1CCCC(c2ccccc2)C1c1ccccc1. The first-order chi connectivity index (χ1) is 9.36. The van der Waals surface area contributed by atoms with Gasteiger partial charge >= 0.3 is 0 Å². The van der Waals surface area contributed by atoms with Crippen LogP contribution in [0.1, 0.15) is 42.2 Å². The fourth-order valence-corrected chi connectivity index (χ4v) is 3.18. The van der Waals surface area contributed by atoms with E-state index in [2.05, 4.69) is 36.4 Å². The van der Waals surface area contributed by atoms with Gasteiger partial charge in [-0.3, -0.25) is 4.79 Å². The quantitative estimate of drug-likeness (QED) is 0.776. The van der Waals surface area contributed by atoms with Crippen LogP contribution < -0.4 is 0 Å². The Morgan fingerprint density at radius 1 is 0.789 bits per heavy atom. The lowest BCUT2D eigenvalue weighted by Crippen LogP contribution is -2.25. The largest absolute Gasteiger partial charge is 0.299 e. The van der Waals surface area contributed by atoms with Crippen molar-refractivity contribution in [1.82, 2.24) is 0 Å². The summed E-state index contributed by atoms with van der Waals surface area (Å²) in [5.74, 6) is 0.772. The highest BCUT2D eigenvalue weighted by atomic mass is 16.1. The van der Waals surface area contributed by atoms with E-state index < -0.39 is 0 Å². The second-order valence-corrected chi connectivity index (χ2v) is 5.26. The van der Waals surface area contributed by atoms with Gasteiger partial charge in [0.15, 0.2) is 0 Å². The summed E-state index contributed by atoms with van der Waals surface area (Å²) in [6, 6.07) is 20.7. The lowest BCUT2D eigenvalue weighted by atomic mass is 9.71. The van der Waals surface area contributed by atoms with E-state index in [4.69, 9.17) is 0 Å². The van der Waals surface area contributed by atoms with Crippen molar-refractivity contribution in [3.8, 4) is 0 Å². The lowest BCUT2D eigenvalue weighted by Gasteiger charge is -2.31. The Kier molecular flexibility index (Phi) is 3.45. The molecule has 0 spiro atoms. The first-order valence-electron chi connectivity index (χ1n) is 6.99. The maximum atomic E-state index is 12.4. The molecule has 0 aliphatic heterocycles. The van der Waals surface area contributed by atoms with E-state index in [-0.39, 0.29) is 5.92 Å². The Bertz CT molecular complexity index is 544. The smallest absolute Gasteiger partial charge is 0.140 e. The van der Waals surface area contributed by atoms with Crippen LogP contribution in [-0.2, 0) is 4.79 Å². The second kappa shape index (κ2) is 5.40. The van der Waals surface area contributed by atoms with Gasteiger partial charge in [-0.25, -0.2) is 0 Å². The molecule has 96 valence electrons. The molecule has 1 fully saturated rings. The third-order valence-electron chi connectivity index (χ3n) is 4.07. The summed E-state index contributed by atoms with van der Waals surface area (Å²) < 4.78 is 0. The molecule has 19 heavy (non-hydrogen) atoms. The first kappa shape index (κ1) is 12.2. The summed E-state index contributed by atoms with van der Waals surface area (Å²) in [5, 5.41) is 0. The Hall–Kier alpha value is -1.89. The van der Waals surface area contributed by atoms with Gasteiger partial charge in [0.1, 0.15) is 5.78 Å². The summed E-state index contributed by atoms with van der Waals surface area (Å²) in [4.78, 5) is 12.4. The Balaban J connectivity index is 1.99. The zero-order valence-electron chi connectivity index (χ0n) is 11.0. The third-order valence-corrected chi connectivity index (χ3v) is 4.07. The number of carbonyl (C=O) groups excluding carboxylic acids is 1. The molecule has 2 unspecified atom stereocenters. The van der Waals surface area contributed by atoms with Crippen molar-refractivity contribution < 1.29 is 4.79 Å². The van der Waals surface area contributed by atoms with Crippen LogP contribution in [0, 0.1) is 0 Å². The van der Waals surface area contributed by atoms with Gasteiger partial charge in [-0.2, -0.15) is 0 Å². The first-order valence-corrected chi connectivity index (χ1v) is 6.99. The van der Waals surface area contributed by atoms with Crippen LogP contribution >= 0.6 is 0 Å². The number of hydrogen-bond donors (Lipinski definition) is 0. The minimum atomic E-state index is 0.0392. The summed E-state index contributed by atoms with van der Waals surface area (Å²) >= 11 is 0. The topological polar surface area (TPSA) is 17.1 Å². The van der Waals surface area contributed by atoms with Crippen LogP contribution in [0.5, 0.6) is 0 Å². The van der Waals surface area contributed by atoms with E-state index >= 15 is 0 Å². The van der Waals surface area contributed by atoms with Crippen molar-refractivity contribution >= 4 is 5.78 Å². The average Bonchev–Trinajstić information content (AvgIpc) is 2.49. The molecule has 1 saturated carbocycles. The minimum absolute atomic E-state index is 0.0392. The zero-order chi connectivity index (χ0) is 13.1. The van der Waals surface area contributed by atoms with Crippen LogP contribution in [0.3, 0.4) is 0 Å². The van der Waals surface area contributed by atoms with Gasteiger partial charge < -0.3 is 0 Å². The van der Waals surface area contributed by atoms with E-state index in [1.807, 2.05) is 24.3 Å². The van der Waals surface area contributed by atoms with Crippen molar-refractivity contribution in [1.29, 1.82) is 0 Å². The Morgan fingerprint density at radius 3 is 2.00 bits per heavy atom. The van der Waals surface area contributed by atoms with Crippen LogP contribution in [-0.4, -0.2) is 5.78 Å². The maximum Gasteiger partial charge on any atom is 0.140 e. The zero-order valence-corrected chi connectivity index (χ0v) is 11.0. The number of carbonyl (C=O) groups is 1. The number of rotatable bonds is 2. The van der Waals surface area contributed by atoms with Gasteiger partial charge in [0.25, 0.3) is 0 Å². The molecule has 0 aromatic heterocycles. The molecule has 2 aromatic carbocycles. The van der Waals surface area contributed by atoms with E-state index in [0.717, 1.165) is 19.3 Å². The predicted molar refractivity (Wildman–Crippen MR) is 77.2 cm³/mol. The Morgan fingerprint density at radius 2 is 1.37 bits per heavy atom. The molecule has 2 aromatic rings. The molecular formula is C18H18O. The van der Waals surface area contributed by atoms with Gasteiger partial charge in [0, 0.05) is 12.3 Å². The number of Topliss-reactive ketones (excluding diaryl/α,β-unsaturated/α-hetero) is 1. The van der Waals surface area contributed by atoms with Crippen LogP contribution in [0.2, 0.25) is 0 Å². The molecule has 0 amide bonds. The summed E-state index contributed by atoms with van der Waals surface area (Å²) in [5.41, 5.74) is 2.46.